The van der Waals surface area contributed by atoms with Crippen LogP contribution in [0.3, 0.4) is 0 Å². The Labute approximate surface area is 177 Å². The normalized spacial score (nSPS) is 12.6. The van der Waals surface area contributed by atoms with Crippen molar-refractivity contribution in [2.45, 2.75) is 39.8 Å². The number of hydrogen-bond donors (Lipinski definition) is 0. The average molecular weight is 406 g/mol. The average Bonchev–Trinajstić information content (AvgIpc) is 3.35. The van der Waals surface area contributed by atoms with Gasteiger partial charge in [-0.15, -0.1) is 0 Å². The van der Waals surface area contributed by atoms with Crippen molar-refractivity contribution in [1.82, 2.24) is 9.47 Å². The zero-order valence-corrected chi connectivity index (χ0v) is 18.6. The number of nitrogens with zero attached hydrogens (tertiary/aromatic N) is 2. The first-order valence-corrected chi connectivity index (χ1v) is 11.2. The number of methoxy groups -OCH3 is 1. The lowest BCUT2D eigenvalue weighted by molar-refractivity contribution is 0.0706. The third-order valence-electron chi connectivity index (χ3n) is 5.85. The van der Waals surface area contributed by atoms with Gasteiger partial charge in [0.1, 0.15) is 19.3 Å². The van der Waals surface area contributed by atoms with E-state index in [-0.39, 0.29) is 11.9 Å². The highest BCUT2D eigenvalue weighted by atomic mass is 32.1. The Bertz CT molecular complexity index is 1050. The summed E-state index contributed by atoms with van der Waals surface area (Å²) < 4.78 is 7.84. The predicted molar refractivity (Wildman–Crippen MR) is 123 cm³/mol. The molecule has 0 radical (unpaired) electrons. The van der Waals surface area contributed by atoms with Crippen LogP contribution in [0.5, 0.6) is 5.75 Å². The highest BCUT2D eigenvalue weighted by Crippen LogP contribution is 2.41. The van der Waals surface area contributed by atoms with Crippen LogP contribution < -0.4 is 10.2 Å². The standard InChI is InChI=1S/C23H27BN2O2S/c1-5-25(14(2)3)23(27)20-11-17(16-7-9-29-13-16)22-18-12-21(28-4)19(24)10-15(18)6-8-26(20)22/h7,9-14H,5-6,8,24H2,1-4H3. The molecule has 3 heterocycles. The lowest BCUT2D eigenvalue weighted by Gasteiger charge is -2.28. The Morgan fingerprint density at radius 2 is 2.10 bits per heavy atom. The van der Waals surface area contributed by atoms with Gasteiger partial charge in [-0.25, -0.2) is 0 Å². The van der Waals surface area contributed by atoms with Gasteiger partial charge in [0.05, 0.1) is 12.8 Å². The summed E-state index contributed by atoms with van der Waals surface area (Å²) in [6.45, 7) is 7.71. The molecule has 4 rings (SSSR count). The van der Waals surface area contributed by atoms with Crippen LogP contribution in [0, 0.1) is 0 Å². The van der Waals surface area contributed by atoms with E-state index in [4.69, 9.17) is 4.74 Å². The van der Waals surface area contributed by atoms with Crippen LogP contribution in [0.2, 0.25) is 0 Å². The first-order chi connectivity index (χ1) is 14.0. The molecule has 6 heteroatoms. The molecule has 0 saturated carbocycles. The highest BCUT2D eigenvalue weighted by molar-refractivity contribution is 7.08. The molecule has 0 N–H and O–H groups in total. The van der Waals surface area contributed by atoms with Crippen molar-refractivity contribution in [2.75, 3.05) is 13.7 Å². The molecular weight excluding hydrogens is 379 g/mol. The number of rotatable bonds is 5. The number of benzene rings is 1. The first-order valence-electron chi connectivity index (χ1n) is 10.2. The second-order valence-corrected chi connectivity index (χ2v) is 8.65. The van der Waals surface area contributed by atoms with Gasteiger partial charge in [0.15, 0.2) is 0 Å². The molecular formula is C23H27BN2O2S. The Balaban J connectivity index is 1.96. The summed E-state index contributed by atoms with van der Waals surface area (Å²) in [5.41, 5.74) is 7.84. The Morgan fingerprint density at radius 1 is 1.31 bits per heavy atom. The molecule has 4 nitrogen and oxygen atoms in total. The number of aromatic nitrogens is 1. The van der Waals surface area contributed by atoms with Crippen molar-refractivity contribution in [2.24, 2.45) is 0 Å². The molecule has 1 amide bonds. The summed E-state index contributed by atoms with van der Waals surface area (Å²) in [7, 11) is 3.80. The number of carbonyl (C=O) groups is 1. The van der Waals surface area contributed by atoms with Crippen molar-refractivity contribution in [1.29, 1.82) is 0 Å². The molecule has 0 fully saturated rings. The van der Waals surface area contributed by atoms with Crippen LogP contribution >= 0.6 is 11.3 Å². The number of hydrogen-bond acceptors (Lipinski definition) is 3. The van der Waals surface area contributed by atoms with E-state index in [2.05, 4.69) is 61.3 Å². The molecule has 3 aromatic rings. The molecule has 0 unspecified atom stereocenters. The van der Waals surface area contributed by atoms with Gasteiger partial charge in [-0.3, -0.25) is 4.79 Å². The van der Waals surface area contributed by atoms with E-state index in [1.165, 1.54) is 11.1 Å². The van der Waals surface area contributed by atoms with E-state index in [0.717, 1.165) is 46.7 Å². The van der Waals surface area contributed by atoms with Crippen molar-refractivity contribution >= 4 is 30.6 Å². The first kappa shape index (κ1) is 19.8. The van der Waals surface area contributed by atoms with Gasteiger partial charge in [0, 0.05) is 30.3 Å². The smallest absolute Gasteiger partial charge is 0.270 e. The minimum Gasteiger partial charge on any atom is -0.497 e. The topological polar surface area (TPSA) is 34.5 Å². The fraction of sp³-hybridized carbons (Fsp3) is 0.348. The minimum absolute atomic E-state index is 0.104. The van der Waals surface area contributed by atoms with Crippen molar-refractivity contribution in [3.8, 4) is 28.1 Å². The van der Waals surface area contributed by atoms with E-state index in [9.17, 15) is 4.79 Å². The van der Waals surface area contributed by atoms with Crippen molar-refractivity contribution < 1.29 is 9.53 Å². The van der Waals surface area contributed by atoms with Crippen LogP contribution in [-0.2, 0) is 13.0 Å². The van der Waals surface area contributed by atoms with E-state index in [1.54, 1.807) is 18.4 Å². The summed E-state index contributed by atoms with van der Waals surface area (Å²) in [6.07, 6.45) is 0.916. The summed E-state index contributed by atoms with van der Waals surface area (Å²) in [5, 5.41) is 4.25. The number of fused-ring (bicyclic) bond motifs is 3. The van der Waals surface area contributed by atoms with Crippen LogP contribution in [0.1, 0.15) is 36.8 Å². The number of ether oxygens (including phenoxy) is 1. The van der Waals surface area contributed by atoms with Gasteiger partial charge in [-0.05, 0) is 72.7 Å². The Hall–Kier alpha value is -2.47. The zero-order chi connectivity index (χ0) is 20.7. The van der Waals surface area contributed by atoms with E-state index >= 15 is 0 Å². The predicted octanol–water partition coefficient (Wildman–Crippen LogP) is 3.58. The van der Waals surface area contributed by atoms with Crippen LogP contribution in [0.15, 0.2) is 35.0 Å². The molecule has 1 aromatic carbocycles. The maximum Gasteiger partial charge on any atom is 0.270 e. The molecule has 0 atom stereocenters. The van der Waals surface area contributed by atoms with Crippen molar-refractivity contribution in [3.05, 3.63) is 46.3 Å². The van der Waals surface area contributed by atoms with Gasteiger partial charge in [0.2, 0.25) is 0 Å². The quantitative estimate of drug-likeness (QED) is 0.607. The lowest BCUT2D eigenvalue weighted by atomic mass is 9.86. The van der Waals surface area contributed by atoms with E-state index in [0.29, 0.717) is 6.54 Å². The summed E-state index contributed by atoms with van der Waals surface area (Å²) in [6, 6.07) is 8.76. The number of aryl methyl sites for hydroxylation is 1. The summed E-state index contributed by atoms with van der Waals surface area (Å²) >= 11 is 1.68. The maximum atomic E-state index is 13.4. The fourth-order valence-electron chi connectivity index (χ4n) is 4.40. The highest BCUT2D eigenvalue weighted by Gasteiger charge is 2.29. The molecule has 1 aliphatic rings. The monoisotopic (exact) mass is 406 g/mol. The van der Waals surface area contributed by atoms with Gasteiger partial charge >= 0.3 is 0 Å². The summed E-state index contributed by atoms with van der Waals surface area (Å²) in [4.78, 5) is 15.4. The Morgan fingerprint density at radius 3 is 2.72 bits per heavy atom. The Kier molecular flexibility index (Phi) is 5.30. The molecule has 0 bridgehead atoms. The van der Waals surface area contributed by atoms with Gasteiger partial charge < -0.3 is 14.2 Å². The molecule has 0 spiro atoms. The van der Waals surface area contributed by atoms with Gasteiger partial charge in [0.25, 0.3) is 5.91 Å². The molecule has 150 valence electrons. The molecule has 1 aliphatic heterocycles. The minimum atomic E-state index is 0.104. The van der Waals surface area contributed by atoms with Crippen molar-refractivity contribution in [3.63, 3.8) is 0 Å². The number of carbonyl (C=O) groups excluding carboxylic acids is 1. The molecule has 29 heavy (non-hydrogen) atoms. The number of amides is 1. The SMILES string of the molecule is Bc1cc2c(cc1OC)-c1c(-c3ccsc3)cc(C(=O)N(CC)C(C)C)n1CC2. The van der Waals surface area contributed by atoms with Gasteiger partial charge in [-0.2, -0.15) is 11.3 Å². The van der Waals surface area contributed by atoms with Crippen LogP contribution in [0.25, 0.3) is 22.4 Å². The molecule has 0 saturated heterocycles. The largest absolute Gasteiger partial charge is 0.497 e. The number of thiophene rings is 1. The summed E-state index contributed by atoms with van der Waals surface area (Å²) in [5.74, 6) is 0.993. The zero-order valence-electron chi connectivity index (χ0n) is 17.8. The second kappa shape index (κ2) is 7.75. The second-order valence-electron chi connectivity index (χ2n) is 7.87. The third-order valence-corrected chi connectivity index (χ3v) is 6.54. The maximum absolute atomic E-state index is 13.4. The third kappa shape index (κ3) is 3.29. The fourth-order valence-corrected chi connectivity index (χ4v) is 5.06. The van der Waals surface area contributed by atoms with Crippen LogP contribution in [0.4, 0.5) is 0 Å². The van der Waals surface area contributed by atoms with Gasteiger partial charge in [-0.1, -0.05) is 6.07 Å². The molecule has 2 aromatic heterocycles. The lowest BCUT2D eigenvalue weighted by Crippen LogP contribution is -2.38. The van der Waals surface area contributed by atoms with Crippen LogP contribution in [-0.4, -0.2) is 42.9 Å². The molecule has 0 aliphatic carbocycles. The van der Waals surface area contributed by atoms with E-state index in [1.807, 2.05) is 11.8 Å². The van der Waals surface area contributed by atoms with E-state index < -0.39 is 0 Å².